The van der Waals surface area contributed by atoms with Gasteiger partial charge in [-0.2, -0.15) is 0 Å². The largest absolute Gasteiger partial charge is 0.287 e. The van der Waals surface area contributed by atoms with Crippen LogP contribution in [0.5, 0.6) is 0 Å². The van der Waals surface area contributed by atoms with Crippen LogP contribution in [0.3, 0.4) is 0 Å². The molecule has 3 aromatic rings. The molecule has 1 aromatic carbocycles. The number of halogens is 1. The van der Waals surface area contributed by atoms with E-state index in [1.807, 2.05) is 12.3 Å². The maximum absolute atomic E-state index is 4.35. The smallest absolute Gasteiger partial charge is 0.138 e. The van der Waals surface area contributed by atoms with E-state index in [2.05, 4.69) is 56.5 Å². The molecule has 0 fully saturated rings. The van der Waals surface area contributed by atoms with Gasteiger partial charge in [0.15, 0.2) is 0 Å². The van der Waals surface area contributed by atoms with E-state index < -0.39 is 0 Å². The zero-order chi connectivity index (χ0) is 10.4. The minimum atomic E-state index is 0.984. The van der Waals surface area contributed by atoms with Crippen molar-refractivity contribution in [1.82, 2.24) is 9.38 Å². The summed E-state index contributed by atoms with van der Waals surface area (Å²) in [5, 5.41) is 1.27. The normalized spacial score (nSPS) is 11.3. The first-order valence-corrected chi connectivity index (χ1v) is 5.58. The van der Waals surface area contributed by atoms with E-state index in [-0.39, 0.29) is 0 Å². The Morgan fingerprint density at radius 1 is 1.27 bits per heavy atom. The number of imidazole rings is 1. The predicted molar refractivity (Wildman–Crippen MR) is 65.1 cm³/mol. The first kappa shape index (κ1) is 8.92. The number of aromatic nitrogens is 2. The van der Waals surface area contributed by atoms with E-state index >= 15 is 0 Å². The third-order valence-electron chi connectivity index (χ3n) is 2.66. The van der Waals surface area contributed by atoms with Crippen molar-refractivity contribution < 1.29 is 0 Å². The summed E-state index contributed by atoms with van der Waals surface area (Å²) in [5.74, 6) is 0. The molecule has 0 aliphatic rings. The molecule has 0 atom stereocenters. The minimum absolute atomic E-state index is 0.984. The number of rotatable bonds is 0. The zero-order valence-electron chi connectivity index (χ0n) is 8.24. The van der Waals surface area contributed by atoms with Crippen LogP contribution in [0.4, 0.5) is 0 Å². The fraction of sp³-hybridized carbons (Fsp3) is 0.0833. The second kappa shape index (κ2) is 3.07. The van der Waals surface area contributed by atoms with Crippen molar-refractivity contribution in [2.45, 2.75) is 6.92 Å². The van der Waals surface area contributed by atoms with Gasteiger partial charge in [0.25, 0.3) is 0 Å². The molecular weight excluding hydrogens is 252 g/mol. The number of benzene rings is 1. The standard InChI is InChI=1S/C12H9BrN2/c1-8-6-12-14-7-11(13)15(12)10-5-3-2-4-9(8)10/h2-7H,1H3. The molecule has 74 valence electrons. The van der Waals surface area contributed by atoms with Gasteiger partial charge in [0.1, 0.15) is 10.3 Å². The van der Waals surface area contributed by atoms with Gasteiger partial charge in [-0.05, 0) is 40.5 Å². The highest BCUT2D eigenvalue weighted by molar-refractivity contribution is 9.10. The summed E-state index contributed by atoms with van der Waals surface area (Å²) < 4.78 is 3.11. The van der Waals surface area contributed by atoms with Gasteiger partial charge in [-0.1, -0.05) is 18.2 Å². The monoisotopic (exact) mass is 260 g/mol. The molecule has 0 bridgehead atoms. The number of hydrogen-bond acceptors (Lipinski definition) is 1. The van der Waals surface area contributed by atoms with Crippen LogP contribution in [0.25, 0.3) is 16.6 Å². The average molecular weight is 261 g/mol. The Labute approximate surface area is 95.7 Å². The zero-order valence-corrected chi connectivity index (χ0v) is 9.82. The number of para-hydroxylation sites is 1. The Morgan fingerprint density at radius 2 is 2.07 bits per heavy atom. The van der Waals surface area contributed by atoms with Crippen LogP contribution >= 0.6 is 15.9 Å². The van der Waals surface area contributed by atoms with E-state index in [0.29, 0.717) is 0 Å². The van der Waals surface area contributed by atoms with Gasteiger partial charge in [-0.3, -0.25) is 4.40 Å². The van der Waals surface area contributed by atoms with Gasteiger partial charge in [-0.15, -0.1) is 0 Å². The highest BCUT2D eigenvalue weighted by Gasteiger charge is 2.06. The molecule has 0 spiro atoms. The van der Waals surface area contributed by atoms with Gasteiger partial charge in [0.2, 0.25) is 0 Å². The molecule has 0 unspecified atom stereocenters. The van der Waals surface area contributed by atoms with Crippen LogP contribution in [-0.4, -0.2) is 9.38 Å². The molecule has 15 heavy (non-hydrogen) atoms. The Hall–Kier alpha value is -1.35. The average Bonchev–Trinajstić information content (AvgIpc) is 2.61. The van der Waals surface area contributed by atoms with Crippen molar-refractivity contribution in [3.05, 3.63) is 46.7 Å². The molecule has 3 heteroatoms. The molecular formula is C12H9BrN2. The van der Waals surface area contributed by atoms with E-state index in [9.17, 15) is 0 Å². The Kier molecular flexibility index (Phi) is 1.83. The molecule has 0 saturated heterocycles. The van der Waals surface area contributed by atoms with E-state index in [0.717, 1.165) is 10.3 Å². The molecule has 0 radical (unpaired) electrons. The van der Waals surface area contributed by atoms with Crippen LogP contribution < -0.4 is 0 Å². The van der Waals surface area contributed by atoms with Crippen LogP contribution in [0.2, 0.25) is 0 Å². The summed E-state index contributed by atoms with van der Waals surface area (Å²) in [6.45, 7) is 2.12. The van der Waals surface area contributed by atoms with Crippen LogP contribution in [0.1, 0.15) is 5.56 Å². The SMILES string of the molecule is Cc1cc2ncc(Br)n2c2ccccc12. The van der Waals surface area contributed by atoms with Crippen LogP contribution in [0.15, 0.2) is 41.1 Å². The Morgan fingerprint density at radius 3 is 2.93 bits per heavy atom. The fourth-order valence-corrected chi connectivity index (χ4v) is 2.43. The lowest BCUT2D eigenvalue weighted by molar-refractivity contribution is 1.21. The second-order valence-corrected chi connectivity index (χ2v) is 4.43. The van der Waals surface area contributed by atoms with E-state index in [1.165, 1.54) is 16.5 Å². The first-order chi connectivity index (χ1) is 7.27. The third-order valence-corrected chi connectivity index (χ3v) is 3.22. The number of nitrogens with zero attached hydrogens (tertiary/aromatic N) is 2. The van der Waals surface area contributed by atoms with Crippen molar-refractivity contribution in [2.24, 2.45) is 0 Å². The summed E-state index contributed by atoms with van der Waals surface area (Å²) in [4.78, 5) is 4.35. The number of fused-ring (bicyclic) bond motifs is 3. The Balaban J connectivity index is 2.67. The van der Waals surface area contributed by atoms with Crippen LogP contribution in [0, 0.1) is 6.92 Å². The molecule has 3 rings (SSSR count). The quantitative estimate of drug-likeness (QED) is 0.604. The lowest BCUT2D eigenvalue weighted by Gasteiger charge is -2.05. The molecule has 0 amide bonds. The van der Waals surface area contributed by atoms with Gasteiger partial charge >= 0.3 is 0 Å². The summed E-state index contributed by atoms with van der Waals surface area (Å²) in [5.41, 5.74) is 3.44. The van der Waals surface area contributed by atoms with Gasteiger partial charge in [-0.25, -0.2) is 4.98 Å². The van der Waals surface area contributed by atoms with Crippen molar-refractivity contribution in [2.75, 3.05) is 0 Å². The lowest BCUT2D eigenvalue weighted by atomic mass is 10.1. The maximum atomic E-state index is 4.35. The summed E-state index contributed by atoms with van der Waals surface area (Å²) in [6.07, 6.45) is 1.83. The third kappa shape index (κ3) is 1.20. The number of hydrogen-bond donors (Lipinski definition) is 0. The predicted octanol–water partition coefficient (Wildman–Crippen LogP) is 3.56. The number of aryl methyl sites for hydroxylation is 1. The summed E-state index contributed by atoms with van der Waals surface area (Å²) in [7, 11) is 0. The molecule has 0 saturated carbocycles. The molecule has 2 aromatic heterocycles. The molecule has 0 aliphatic carbocycles. The highest BCUT2D eigenvalue weighted by atomic mass is 79.9. The van der Waals surface area contributed by atoms with Crippen molar-refractivity contribution >= 4 is 32.5 Å². The van der Waals surface area contributed by atoms with E-state index in [1.54, 1.807) is 0 Å². The lowest BCUT2D eigenvalue weighted by Crippen LogP contribution is -1.90. The summed E-state index contributed by atoms with van der Waals surface area (Å²) in [6, 6.07) is 10.5. The van der Waals surface area contributed by atoms with Crippen molar-refractivity contribution in [3.8, 4) is 0 Å². The fourth-order valence-electron chi connectivity index (χ4n) is 1.96. The van der Waals surface area contributed by atoms with Gasteiger partial charge in [0.05, 0.1) is 11.7 Å². The van der Waals surface area contributed by atoms with Gasteiger partial charge < -0.3 is 0 Å². The van der Waals surface area contributed by atoms with E-state index in [4.69, 9.17) is 0 Å². The maximum Gasteiger partial charge on any atom is 0.138 e. The minimum Gasteiger partial charge on any atom is -0.287 e. The van der Waals surface area contributed by atoms with Crippen molar-refractivity contribution in [1.29, 1.82) is 0 Å². The molecule has 2 heterocycles. The van der Waals surface area contributed by atoms with Crippen molar-refractivity contribution in [3.63, 3.8) is 0 Å². The highest BCUT2D eigenvalue weighted by Crippen LogP contribution is 2.24. The van der Waals surface area contributed by atoms with Gasteiger partial charge in [0, 0.05) is 5.39 Å². The second-order valence-electron chi connectivity index (χ2n) is 3.62. The summed E-state index contributed by atoms with van der Waals surface area (Å²) >= 11 is 3.51. The topological polar surface area (TPSA) is 17.3 Å². The molecule has 0 aliphatic heterocycles. The Bertz CT molecular complexity index is 655. The van der Waals surface area contributed by atoms with Crippen LogP contribution in [-0.2, 0) is 0 Å². The molecule has 2 nitrogen and oxygen atoms in total. The molecule has 0 N–H and O–H groups in total. The number of pyridine rings is 1. The first-order valence-electron chi connectivity index (χ1n) is 4.78.